The van der Waals surface area contributed by atoms with Crippen LogP contribution in [0, 0.1) is 0 Å². The Hall–Kier alpha value is -1.52. The van der Waals surface area contributed by atoms with Crippen LogP contribution in [0.3, 0.4) is 0 Å². The lowest BCUT2D eigenvalue weighted by Gasteiger charge is -2.19. The Balaban J connectivity index is 2.62. The van der Waals surface area contributed by atoms with Crippen molar-refractivity contribution in [2.45, 2.75) is 33.2 Å². The molecule has 0 aliphatic carbocycles. The van der Waals surface area contributed by atoms with Gasteiger partial charge in [0.25, 0.3) is 0 Å². The van der Waals surface area contributed by atoms with Crippen molar-refractivity contribution in [3.8, 4) is 0 Å². The van der Waals surface area contributed by atoms with Crippen molar-refractivity contribution in [3.63, 3.8) is 0 Å². The van der Waals surface area contributed by atoms with E-state index in [1.54, 1.807) is 6.20 Å². The Labute approximate surface area is 96.7 Å². The third kappa shape index (κ3) is 4.34. The van der Waals surface area contributed by atoms with Crippen LogP contribution in [0.2, 0.25) is 6.82 Å². The minimum absolute atomic E-state index is 0.478. The highest BCUT2D eigenvalue weighted by atomic mass is 16.6. The van der Waals surface area contributed by atoms with Gasteiger partial charge in [-0.3, -0.25) is 5.32 Å². The zero-order chi connectivity index (χ0) is 12.2. The van der Waals surface area contributed by atoms with Crippen molar-refractivity contribution in [1.29, 1.82) is 0 Å². The predicted molar refractivity (Wildman–Crippen MR) is 66.7 cm³/mol. The van der Waals surface area contributed by atoms with Gasteiger partial charge in [0.05, 0.1) is 0 Å². The summed E-state index contributed by atoms with van der Waals surface area (Å²) >= 11 is 0. The summed E-state index contributed by atoms with van der Waals surface area (Å²) in [6.07, 6.45) is 1.19. The molecule has 0 unspecified atom stereocenters. The summed E-state index contributed by atoms with van der Waals surface area (Å²) in [6.45, 7) is 7.51. The van der Waals surface area contributed by atoms with Crippen LogP contribution in [0.1, 0.15) is 20.8 Å². The summed E-state index contributed by atoms with van der Waals surface area (Å²) < 4.78 is 5.13. The van der Waals surface area contributed by atoms with Gasteiger partial charge >= 0.3 is 6.09 Å². The first-order chi connectivity index (χ1) is 7.40. The highest BCUT2D eigenvalue weighted by Gasteiger charge is 2.16. The largest absolute Gasteiger partial charge is 0.444 e. The molecule has 0 spiro atoms. The van der Waals surface area contributed by atoms with Crippen molar-refractivity contribution >= 4 is 24.7 Å². The van der Waals surface area contributed by atoms with E-state index < -0.39 is 11.7 Å². The molecule has 86 valence electrons. The van der Waals surface area contributed by atoms with E-state index in [1.165, 1.54) is 0 Å². The molecule has 0 atom stereocenters. The molecule has 0 radical (unpaired) electrons. The number of carbonyl (C=O) groups is 1. The van der Waals surface area contributed by atoms with Crippen LogP contribution in [0.25, 0.3) is 0 Å². The zero-order valence-electron chi connectivity index (χ0n) is 10.2. The molecule has 0 saturated heterocycles. The van der Waals surface area contributed by atoms with Gasteiger partial charge in [-0.15, -0.1) is 0 Å². The molecule has 0 aromatic carbocycles. The maximum absolute atomic E-state index is 11.5. The molecule has 0 aliphatic rings. The Morgan fingerprint density at radius 1 is 1.50 bits per heavy atom. The fourth-order valence-electron chi connectivity index (χ4n) is 1.17. The molecule has 0 aliphatic heterocycles. The third-order valence-corrected chi connectivity index (χ3v) is 1.86. The van der Waals surface area contributed by atoms with Gasteiger partial charge in [0.15, 0.2) is 7.28 Å². The van der Waals surface area contributed by atoms with Crippen LogP contribution in [-0.2, 0) is 4.74 Å². The Bertz CT molecular complexity index is 374. The highest BCUT2D eigenvalue weighted by molar-refractivity contribution is 6.52. The number of rotatable bonds is 2. The summed E-state index contributed by atoms with van der Waals surface area (Å²) in [5.41, 5.74) is 0.632. The van der Waals surface area contributed by atoms with Gasteiger partial charge in [-0.2, -0.15) is 0 Å². The average Bonchev–Trinajstić information content (AvgIpc) is 2.15. The SMILES string of the molecule is CBc1ccnc(NC(=O)OC(C)(C)C)c1. The molecule has 16 heavy (non-hydrogen) atoms. The molecule has 0 saturated carbocycles. The molecule has 5 heteroatoms. The van der Waals surface area contributed by atoms with E-state index in [1.807, 2.05) is 39.7 Å². The topological polar surface area (TPSA) is 51.2 Å². The van der Waals surface area contributed by atoms with Gasteiger partial charge in [-0.05, 0) is 32.9 Å². The summed E-state index contributed by atoms with van der Waals surface area (Å²) in [6, 6.07) is 3.75. The summed E-state index contributed by atoms with van der Waals surface area (Å²) in [4.78, 5) is 15.5. The quantitative estimate of drug-likeness (QED) is 0.769. The van der Waals surface area contributed by atoms with Crippen molar-refractivity contribution in [2.24, 2.45) is 0 Å². The van der Waals surface area contributed by atoms with Gasteiger partial charge in [0.2, 0.25) is 0 Å². The van der Waals surface area contributed by atoms with Gasteiger partial charge < -0.3 is 4.74 Å². The van der Waals surface area contributed by atoms with Crippen molar-refractivity contribution in [3.05, 3.63) is 18.3 Å². The van der Waals surface area contributed by atoms with Gasteiger partial charge in [-0.25, -0.2) is 9.78 Å². The standard InChI is InChI=1S/C11H17BN2O2/c1-11(2,3)16-10(15)14-9-7-8(12-4)5-6-13-9/h5-7,12H,1-4H3,(H,13,14,15). The number of hydrogen-bond acceptors (Lipinski definition) is 3. The smallest absolute Gasteiger partial charge is 0.413 e. The molecule has 1 aromatic rings. The molecule has 4 nitrogen and oxygen atoms in total. The van der Waals surface area contributed by atoms with Crippen LogP contribution in [0.4, 0.5) is 10.6 Å². The van der Waals surface area contributed by atoms with E-state index in [-0.39, 0.29) is 0 Å². The molecule has 1 amide bonds. The maximum Gasteiger partial charge on any atom is 0.413 e. The number of aromatic nitrogens is 1. The van der Waals surface area contributed by atoms with Gasteiger partial charge in [0.1, 0.15) is 11.4 Å². The Morgan fingerprint density at radius 3 is 2.75 bits per heavy atom. The summed E-state index contributed by atoms with van der Waals surface area (Å²) in [7, 11) is 0.908. The lowest BCUT2D eigenvalue weighted by molar-refractivity contribution is 0.0635. The molecule has 0 fully saturated rings. The fourth-order valence-corrected chi connectivity index (χ4v) is 1.17. The van der Waals surface area contributed by atoms with Crippen LogP contribution >= 0.6 is 0 Å². The molecule has 1 rings (SSSR count). The highest BCUT2D eigenvalue weighted by Crippen LogP contribution is 2.08. The second-order valence-electron chi connectivity index (χ2n) is 4.53. The first-order valence-electron chi connectivity index (χ1n) is 5.35. The van der Waals surface area contributed by atoms with Crippen LogP contribution < -0.4 is 10.8 Å². The van der Waals surface area contributed by atoms with Crippen LogP contribution in [0.5, 0.6) is 0 Å². The summed E-state index contributed by atoms with van der Waals surface area (Å²) in [5, 5.41) is 2.60. The first-order valence-corrected chi connectivity index (χ1v) is 5.35. The van der Waals surface area contributed by atoms with Gasteiger partial charge in [-0.1, -0.05) is 12.3 Å². The minimum Gasteiger partial charge on any atom is -0.444 e. The van der Waals surface area contributed by atoms with Crippen LogP contribution in [-0.4, -0.2) is 24.0 Å². The van der Waals surface area contributed by atoms with Crippen molar-refractivity contribution in [1.82, 2.24) is 4.98 Å². The monoisotopic (exact) mass is 220 g/mol. The number of ether oxygens (including phenoxy) is 1. The molecule has 0 bridgehead atoms. The zero-order valence-corrected chi connectivity index (χ0v) is 10.2. The minimum atomic E-state index is -0.494. The number of nitrogens with zero attached hydrogens (tertiary/aromatic N) is 1. The Kier molecular flexibility index (Phi) is 3.93. The van der Waals surface area contributed by atoms with Crippen molar-refractivity contribution < 1.29 is 9.53 Å². The number of amides is 1. The number of anilines is 1. The number of hydrogen-bond donors (Lipinski definition) is 1. The predicted octanol–water partition coefficient (Wildman–Crippen LogP) is 1.54. The second-order valence-corrected chi connectivity index (χ2v) is 4.53. The average molecular weight is 220 g/mol. The fraction of sp³-hybridized carbons (Fsp3) is 0.455. The maximum atomic E-state index is 11.5. The van der Waals surface area contributed by atoms with Crippen molar-refractivity contribution in [2.75, 3.05) is 5.32 Å². The summed E-state index contributed by atoms with van der Waals surface area (Å²) in [5.74, 6) is 0.522. The second kappa shape index (κ2) is 5.01. The molecule has 1 N–H and O–H groups in total. The van der Waals surface area contributed by atoms with E-state index in [0.717, 1.165) is 12.7 Å². The van der Waals surface area contributed by atoms with E-state index in [2.05, 4.69) is 10.3 Å². The van der Waals surface area contributed by atoms with E-state index in [0.29, 0.717) is 5.82 Å². The van der Waals surface area contributed by atoms with Gasteiger partial charge in [0, 0.05) is 6.20 Å². The Morgan fingerprint density at radius 2 is 2.19 bits per heavy atom. The van der Waals surface area contributed by atoms with E-state index >= 15 is 0 Å². The molecular weight excluding hydrogens is 203 g/mol. The number of nitrogens with one attached hydrogen (secondary N) is 1. The molecule has 1 aromatic heterocycles. The third-order valence-electron chi connectivity index (χ3n) is 1.86. The first kappa shape index (κ1) is 12.6. The molecular formula is C11H17BN2O2. The lowest BCUT2D eigenvalue weighted by Crippen LogP contribution is -2.28. The van der Waals surface area contributed by atoms with E-state index in [4.69, 9.17) is 4.74 Å². The lowest BCUT2D eigenvalue weighted by atomic mass is 9.74. The normalized spacial score (nSPS) is 10.8. The number of carbonyl (C=O) groups excluding carboxylic acids is 1. The number of pyridine rings is 1. The van der Waals surface area contributed by atoms with E-state index in [9.17, 15) is 4.79 Å². The molecule has 1 heterocycles. The van der Waals surface area contributed by atoms with Crippen LogP contribution in [0.15, 0.2) is 18.3 Å².